The monoisotopic (exact) mass is 223 g/mol. The van der Waals surface area contributed by atoms with Gasteiger partial charge in [-0.2, -0.15) is 0 Å². The fourth-order valence-electron chi connectivity index (χ4n) is 3.02. The molecule has 2 atom stereocenters. The number of likely N-dealkylation sites (tertiary alicyclic amines) is 1. The van der Waals surface area contributed by atoms with E-state index in [0.29, 0.717) is 12.5 Å². The Labute approximate surface area is 97.1 Å². The maximum atomic E-state index is 11.7. The van der Waals surface area contributed by atoms with Gasteiger partial charge in [0.2, 0.25) is 5.91 Å². The van der Waals surface area contributed by atoms with E-state index in [0.717, 1.165) is 32.2 Å². The molecule has 2 unspecified atom stereocenters. The first-order valence-corrected chi connectivity index (χ1v) is 6.30. The van der Waals surface area contributed by atoms with Crippen LogP contribution in [0.3, 0.4) is 0 Å². The second-order valence-electron chi connectivity index (χ2n) is 5.08. The molecule has 1 saturated carbocycles. The molecule has 0 aromatic rings. The Hall–Kier alpha value is -0.830. The summed E-state index contributed by atoms with van der Waals surface area (Å²) >= 11 is 0. The van der Waals surface area contributed by atoms with E-state index in [1.807, 2.05) is 11.8 Å². The van der Waals surface area contributed by atoms with Gasteiger partial charge in [0.1, 0.15) is 0 Å². The molecule has 0 radical (unpaired) electrons. The molecule has 3 heteroatoms. The standard InChI is InChI=1S/C13H21NO2/c1-2-5-12(15)14-9-8-13(16)7-4-3-6-11(13)10-14/h2,5,11,16H,3-4,6-10H2,1H3/b5-2+. The average Bonchev–Trinajstić information content (AvgIpc) is 2.28. The molecular weight excluding hydrogens is 202 g/mol. The molecule has 1 saturated heterocycles. The van der Waals surface area contributed by atoms with Gasteiger partial charge in [-0.3, -0.25) is 4.79 Å². The summed E-state index contributed by atoms with van der Waals surface area (Å²) in [4.78, 5) is 13.6. The van der Waals surface area contributed by atoms with Gasteiger partial charge >= 0.3 is 0 Å². The molecular formula is C13H21NO2. The highest BCUT2D eigenvalue weighted by Gasteiger charge is 2.43. The van der Waals surface area contributed by atoms with E-state index in [4.69, 9.17) is 0 Å². The van der Waals surface area contributed by atoms with E-state index < -0.39 is 5.60 Å². The fourth-order valence-corrected chi connectivity index (χ4v) is 3.02. The minimum Gasteiger partial charge on any atom is -0.389 e. The lowest BCUT2D eigenvalue weighted by Crippen LogP contribution is -2.54. The van der Waals surface area contributed by atoms with Gasteiger partial charge in [-0.25, -0.2) is 0 Å². The Kier molecular flexibility index (Phi) is 3.33. The number of hydrogen-bond acceptors (Lipinski definition) is 2. The molecule has 90 valence electrons. The largest absolute Gasteiger partial charge is 0.389 e. The molecule has 0 spiro atoms. The van der Waals surface area contributed by atoms with Crippen LogP contribution in [0.5, 0.6) is 0 Å². The van der Waals surface area contributed by atoms with E-state index in [1.165, 1.54) is 6.42 Å². The average molecular weight is 223 g/mol. The van der Waals surface area contributed by atoms with Crippen LogP contribution >= 0.6 is 0 Å². The van der Waals surface area contributed by atoms with Crippen molar-refractivity contribution in [2.75, 3.05) is 13.1 Å². The summed E-state index contributed by atoms with van der Waals surface area (Å²) < 4.78 is 0. The molecule has 0 aromatic carbocycles. The lowest BCUT2D eigenvalue weighted by molar-refractivity contribution is -0.138. The van der Waals surface area contributed by atoms with Gasteiger partial charge in [-0.1, -0.05) is 18.9 Å². The van der Waals surface area contributed by atoms with Crippen molar-refractivity contribution in [3.8, 4) is 0 Å². The first-order valence-electron chi connectivity index (χ1n) is 6.30. The first kappa shape index (κ1) is 11.6. The number of aliphatic hydroxyl groups is 1. The Morgan fingerprint density at radius 3 is 3.00 bits per heavy atom. The number of amides is 1. The van der Waals surface area contributed by atoms with E-state index >= 15 is 0 Å². The van der Waals surface area contributed by atoms with E-state index in [1.54, 1.807) is 12.2 Å². The summed E-state index contributed by atoms with van der Waals surface area (Å²) in [5.41, 5.74) is -0.481. The minimum atomic E-state index is -0.481. The number of allylic oxidation sites excluding steroid dienone is 1. The van der Waals surface area contributed by atoms with Gasteiger partial charge in [0.15, 0.2) is 0 Å². The molecule has 2 aliphatic rings. The van der Waals surface area contributed by atoms with Crippen molar-refractivity contribution in [3.05, 3.63) is 12.2 Å². The van der Waals surface area contributed by atoms with Crippen LogP contribution in [0.2, 0.25) is 0 Å². The third-order valence-electron chi connectivity index (χ3n) is 4.05. The van der Waals surface area contributed by atoms with Gasteiger partial charge in [0.05, 0.1) is 5.60 Å². The Balaban J connectivity index is 2.02. The second kappa shape index (κ2) is 4.58. The highest BCUT2D eigenvalue weighted by molar-refractivity contribution is 5.87. The van der Waals surface area contributed by atoms with Gasteiger partial charge in [0, 0.05) is 19.0 Å². The molecule has 0 aromatic heterocycles. The Morgan fingerprint density at radius 2 is 2.25 bits per heavy atom. The minimum absolute atomic E-state index is 0.0927. The summed E-state index contributed by atoms with van der Waals surface area (Å²) in [6, 6.07) is 0. The van der Waals surface area contributed by atoms with Crippen LogP contribution in [-0.2, 0) is 4.79 Å². The predicted molar refractivity (Wildman–Crippen MR) is 62.9 cm³/mol. The van der Waals surface area contributed by atoms with Crippen molar-refractivity contribution in [1.29, 1.82) is 0 Å². The molecule has 3 nitrogen and oxygen atoms in total. The summed E-state index contributed by atoms with van der Waals surface area (Å²) in [5, 5.41) is 10.5. The van der Waals surface area contributed by atoms with Gasteiger partial charge < -0.3 is 10.0 Å². The van der Waals surface area contributed by atoms with Crippen LogP contribution in [0, 0.1) is 5.92 Å². The molecule has 1 N–H and O–H groups in total. The SMILES string of the molecule is C/C=C/C(=O)N1CCC2(O)CCCCC2C1. The van der Waals surface area contributed by atoms with Crippen molar-refractivity contribution >= 4 is 5.91 Å². The highest BCUT2D eigenvalue weighted by Crippen LogP contribution is 2.39. The summed E-state index contributed by atoms with van der Waals surface area (Å²) in [6.45, 7) is 3.30. The molecule has 1 amide bonds. The van der Waals surface area contributed by atoms with E-state index in [9.17, 15) is 9.90 Å². The quantitative estimate of drug-likeness (QED) is 0.688. The molecule has 1 heterocycles. The smallest absolute Gasteiger partial charge is 0.246 e. The van der Waals surface area contributed by atoms with Crippen LogP contribution in [0.15, 0.2) is 12.2 Å². The maximum absolute atomic E-state index is 11.7. The number of carbonyl (C=O) groups is 1. The van der Waals surface area contributed by atoms with Crippen molar-refractivity contribution in [3.63, 3.8) is 0 Å². The van der Waals surface area contributed by atoms with Crippen LogP contribution in [0.25, 0.3) is 0 Å². The first-order chi connectivity index (χ1) is 7.65. The highest BCUT2D eigenvalue weighted by atomic mass is 16.3. The zero-order valence-electron chi connectivity index (χ0n) is 9.98. The van der Waals surface area contributed by atoms with Crippen LogP contribution in [0.1, 0.15) is 39.0 Å². The Morgan fingerprint density at radius 1 is 1.44 bits per heavy atom. The van der Waals surface area contributed by atoms with Crippen LogP contribution in [-0.4, -0.2) is 34.6 Å². The van der Waals surface area contributed by atoms with E-state index in [2.05, 4.69) is 0 Å². The van der Waals surface area contributed by atoms with Gasteiger partial charge in [0.25, 0.3) is 0 Å². The van der Waals surface area contributed by atoms with Crippen LogP contribution < -0.4 is 0 Å². The predicted octanol–water partition coefficient (Wildman–Crippen LogP) is 1.72. The molecule has 2 fully saturated rings. The Bertz CT molecular complexity index is 300. The molecule has 1 aliphatic heterocycles. The number of rotatable bonds is 1. The maximum Gasteiger partial charge on any atom is 0.246 e. The number of carbonyl (C=O) groups excluding carboxylic acids is 1. The summed E-state index contributed by atoms with van der Waals surface area (Å²) in [7, 11) is 0. The zero-order valence-corrected chi connectivity index (χ0v) is 9.98. The number of fused-ring (bicyclic) bond motifs is 1. The number of nitrogens with zero attached hydrogens (tertiary/aromatic N) is 1. The van der Waals surface area contributed by atoms with Crippen LogP contribution in [0.4, 0.5) is 0 Å². The van der Waals surface area contributed by atoms with Crippen molar-refractivity contribution in [2.45, 2.75) is 44.6 Å². The normalized spacial score (nSPS) is 35.1. The molecule has 0 bridgehead atoms. The number of hydrogen-bond donors (Lipinski definition) is 1. The molecule has 2 rings (SSSR count). The molecule has 16 heavy (non-hydrogen) atoms. The van der Waals surface area contributed by atoms with Gasteiger partial charge in [-0.05, 0) is 32.3 Å². The fraction of sp³-hybridized carbons (Fsp3) is 0.769. The topological polar surface area (TPSA) is 40.5 Å². The van der Waals surface area contributed by atoms with E-state index in [-0.39, 0.29) is 5.91 Å². The van der Waals surface area contributed by atoms with Crippen molar-refractivity contribution in [1.82, 2.24) is 4.90 Å². The molecule has 1 aliphatic carbocycles. The van der Waals surface area contributed by atoms with Gasteiger partial charge in [-0.15, -0.1) is 0 Å². The second-order valence-corrected chi connectivity index (χ2v) is 5.08. The summed E-state index contributed by atoms with van der Waals surface area (Å²) in [6.07, 6.45) is 8.46. The third-order valence-corrected chi connectivity index (χ3v) is 4.05. The van der Waals surface area contributed by atoms with Crippen molar-refractivity contribution < 1.29 is 9.90 Å². The summed E-state index contributed by atoms with van der Waals surface area (Å²) in [5.74, 6) is 0.388. The zero-order chi connectivity index (χ0) is 11.6. The number of piperidine rings is 1. The lowest BCUT2D eigenvalue weighted by Gasteiger charge is -2.47. The third kappa shape index (κ3) is 2.14. The lowest BCUT2D eigenvalue weighted by atomic mass is 9.71. The van der Waals surface area contributed by atoms with Crippen molar-refractivity contribution in [2.24, 2.45) is 5.92 Å².